The highest BCUT2D eigenvalue weighted by Crippen LogP contribution is 2.18. The van der Waals surface area contributed by atoms with Crippen LogP contribution in [0.1, 0.15) is 45.2 Å². The summed E-state index contributed by atoms with van der Waals surface area (Å²) in [6.45, 7) is 5.95. The molecule has 0 saturated heterocycles. The molecule has 0 saturated carbocycles. The van der Waals surface area contributed by atoms with E-state index in [1.54, 1.807) is 6.92 Å². The molecular weight excluding hydrogens is 281 g/mol. The summed E-state index contributed by atoms with van der Waals surface area (Å²) >= 11 is 0. The van der Waals surface area contributed by atoms with Crippen molar-refractivity contribution in [2.24, 2.45) is 0 Å². The smallest absolute Gasteiger partial charge is 0.221 e. The Balaban J connectivity index is 2.47. The minimum Gasteiger partial charge on any atom is -0.354 e. The fourth-order valence-electron chi connectivity index (χ4n) is 1.79. The van der Waals surface area contributed by atoms with Crippen molar-refractivity contribution in [1.82, 2.24) is 10.6 Å². The van der Waals surface area contributed by atoms with Crippen LogP contribution in [0.15, 0.2) is 12.1 Å². The molecule has 1 aromatic rings. The lowest BCUT2D eigenvalue weighted by Crippen LogP contribution is -2.34. The molecular formula is C15H21F3N2O. The van der Waals surface area contributed by atoms with Gasteiger partial charge in [0.25, 0.3) is 0 Å². The van der Waals surface area contributed by atoms with Gasteiger partial charge in [0, 0.05) is 25.0 Å². The number of nitrogens with one attached hydrogen (secondary N) is 2. The maximum absolute atomic E-state index is 13.1. The predicted octanol–water partition coefficient (Wildman–Crippen LogP) is 3.06. The van der Waals surface area contributed by atoms with E-state index in [0.717, 1.165) is 18.6 Å². The molecule has 0 bridgehead atoms. The Hall–Kier alpha value is -1.56. The second kappa shape index (κ2) is 8.02. The first-order valence-electron chi connectivity index (χ1n) is 7.02. The number of hydrogen-bond donors (Lipinski definition) is 2. The van der Waals surface area contributed by atoms with Crippen molar-refractivity contribution in [1.29, 1.82) is 0 Å². The first-order chi connectivity index (χ1) is 9.85. The highest BCUT2D eigenvalue weighted by atomic mass is 19.2. The summed E-state index contributed by atoms with van der Waals surface area (Å²) in [5.74, 6) is -3.99. The van der Waals surface area contributed by atoms with E-state index in [0.29, 0.717) is 12.1 Å². The number of rotatable bonds is 7. The maximum Gasteiger partial charge on any atom is 0.221 e. The number of carbonyl (C=O) groups is 1. The molecule has 0 aromatic heterocycles. The van der Waals surface area contributed by atoms with E-state index in [-0.39, 0.29) is 24.4 Å². The fourth-order valence-corrected chi connectivity index (χ4v) is 1.79. The minimum absolute atomic E-state index is 0.0829. The highest BCUT2D eigenvalue weighted by molar-refractivity contribution is 5.76. The molecule has 0 fully saturated rings. The van der Waals surface area contributed by atoms with Gasteiger partial charge in [-0.15, -0.1) is 0 Å². The Bertz CT molecular complexity index is 471. The molecule has 0 heterocycles. The second-order valence-corrected chi connectivity index (χ2v) is 5.10. The monoisotopic (exact) mass is 302 g/mol. The summed E-state index contributed by atoms with van der Waals surface area (Å²) < 4.78 is 39.1. The quantitative estimate of drug-likeness (QED) is 0.760. The molecule has 0 spiro atoms. The lowest BCUT2D eigenvalue weighted by Gasteiger charge is -2.16. The first kappa shape index (κ1) is 17.5. The molecule has 118 valence electrons. The Morgan fingerprint density at radius 2 is 1.76 bits per heavy atom. The molecule has 0 aliphatic rings. The second-order valence-electron chi connectivity index (χ2n) is 5.10. The van der Waals surface area contributed by atoms with Gasteiger partial charge < -0.3 is 10.6 Å². The van der Waals surface area contributed by atoms with E-state index < -0.39 is 17.5 Å². The van der Waals surface area contributed by atoms with Crippen molar-refractivity contribution in [3.05, 3.63) is 35.1 Å². The molecule has 6 heteroatoms. The average Bonchev–Trinajstić information content (AvgIpc) is 2.43. The third kappa shape index (κ3) is 5.38. The van der Waals surface area contributed by atoms with Crippen LogP contribution in [0.3, 0.4) is 0 Å². The Morgan fingerprint density at radius 1 is 1.19 bits per heavy atom. The van der Waals surface area contributed by atoms with Crippen LogP contribution in [0.4, 0.5) is 13.2 Å². The van der Waals surface area contributed by atoms with Crippen LogP contribution in [0, 0.1) is 17.5 Å². The normalized spacial score (nSPS) is 13.8. The zero-order chi connectivity index (χ0) is 16.0. The molecule has 1 amide bonds. The van der Waals surface area contributed by atoms with Gasteiger partial charge in [-0.2, -0.15) is 0 Å². The van der Waals surface area contributed by atoms with Gasteiger partial charge in [-0.25, -0.2) is 13.2 Å². The lowest BCUT2D eigenvalue weighted by atomic mass is 10.1. The lowest BCUT2D eigenvalue weighted by molar-refractivity contribution is -0.121. The van der Waals surface area contributed by atoms with Gasteiger partial charge in [-0.1, -0.05) is 6.92 Å². The van der Waals surface area contributed by atoms with Crippen LogP contribution < -0.4 is 10.6 Å². The summed E-state index contributed by atoms with van der Waals surface area (Å²) in [5, 5.41) is 5.80. The van der Waals surface area contributed by atoms with Crippen LogP contribution >= 0.6 is 0 Å². The van der Waals surface area contributed by atoms with E-state index in [1.807, 2.05) is 13.8 Å². The number of carbonyl (C=O) groups excluding carboxylic acids is 1. The summed E-state index contributed by atoms with van der Waals surface area (Å²) in [6.07, 6.45) is 1.12. The van der Waals surface area contributed by atoms with E-state index in [4.69, 9.17) is 0 Å². The van der Waals surface area contributed by atoms with Crippen molar-refractivity contribution >= 4 is 5.91 Å². The number of hydrogen-bond acceptors (Lipinski definition) is 2. The van der Waals surface area contributed by atoms with Gasteiger partial charge in [0.05, 0.1) is 0 Å². The summed E-state index contributed by atoms with van der Waals surface area (Å²) in [6, 6.07) is 1.64. The van der Waals surface area contributed by atoms with Crippen LogP contribution in [0.25, 0.3) is 0 Å². The van der Waals surface area contributed by atoms with E-state index in [1.165, 1.54) is 0 Å². The summed E-state index contributed by atoms with van der Waals surface area (Å²) in [5.41, 5.74) is 0.300. The Labute approximate surface area is 122 Å². The van der Waals surface area contributed by atoms with E-state index >= 15 is 0 Å². The molecule has 21 heavy (non-hydrogen) atoms. The van der Waals surface area contributed by atoms with Gasteiger partial charge in [0.2, 0.25) is 5.91 Å². The Kier molecular flexibility index (Phi) is 6.68. The molecule has 0 unspecified atom stereocenters. The number of halogens is 3. The van der Waals surface area contributed by atoms with Crippen molar-refractivity contribution in [3.63, 3.8) is 0 Å². The van der Waals surface area contributed by atoms with Crippen LogP contribution in [0.5, 0.6) is 0 Å². The topological polar surface area (TPSA) is 41.1 Å². The zero-order valence-corrected chi connectivity index (χ0v) is 12.5. The third-order valence-electron chi connectivity index (χ3n) is 3.33. The average molecular weight is 302 g/mol. The predicted molar refractivity (Wildman–Crippen MR) is 75.2 cm³/mol. The van der Waals surface area contributed by atoms with Crippen molar-refractivity contribution < 1.29 is 18.0 Å². The summed E-state index contributed by atoms with van der Waals surface area (Å²) in [7, 11) is 0. The van der Waals surface area contributed by atoms with Gasteiger partial charge in [0.1, 0.15) is 0 Å². The van der Waals surface area contributed by atoms with Crippen molar-refractivity contribution in [2.45, 2.75) is 45.7 Å². The SMILES string of the molecule is CC[C@@H](C)NC(=O)CCN[C@H](C)c1cc(F)c(F)c(F)c1. The molecule has 0 radical (unpaired) electrons. The first-order valence-corrected chi connectivity index (χ1v) is 7.02. The largest absolute Gasteiger partial charge is 0.354 e. The van der Waals surface area contributed by atoms with E-state index in [2.05, 4.69) is 10.6 Å². The number of amides is 1. The van der Waals surface area contributed by atoms with Crippen LogP contribution in [-0.4, -0.2) is 18.5 Å². The highest BCUT2D eigenvalue weighted by Gasteiger charge is 2.14. The summed E-state index contributed by atoms with van der Waals surface area (Å²) in [4.78, 5) is 11.6. The Morgan fingerprint density at radius 3 is 2.29 bits per heavy atom. The molecule has 2 N–H and O–H groups in total. The molecule has 1 aromatic carbocycles. The molecule has 0 aliphatic heterocycles. The van der Waals surface area contributed by atoms with E-state index in [9.17, 15) is 18.0 Å². The van der Waals surface area contributed by atoms with Crippen LogP contribution in [-0.2, 0) is 4.79 Å². The van der Waals surface area contributed by atoms with Crippen molar-refractivity contribution in [2.75, 3.05) is 6.54 Å². The van der Waals surface area contributed by atoms with Gasteiger partial charge >= 0.3 is 0 Å². The van der Waals surface area contributed by atoms with Crippen molar-refractivity contribution in [3.8, 4) is 0 Å². The van der Waals surface area contributed by atoms with Gasteiger partial charge in [-0.05, 0) is 38.0 Å². The maximum atomic E-state index is 13.1. The molecule has 3 nitrogen and oxygen atoms in total. The molecule has 2 atom stereocenters. The fraction of sp³-hybridized carbons (Fsp3) is 0.533. The standard InChI is InChI=1S/C15H21F3N2O/c1-4-9(2)20-14(21)5-6-19-10(3)11-7-12(16)15(18)13(17)8-11/h7-10,19H,4-6H2,1-3H3,(H,20,21)/t9-,10-/m1/s1. The zero-order valence-electron chi connectivity index (χ0n) is 12.5. The van der Waals surface area contributed by atoms with Gasteiger partial charge in [0.15, 0.2) is 17.5 Å². The third-order valence-corrected chi connectivity index (χ3v) is 3.33. The number of benzene rings is 1. The molecule has 0 aliphatic carbocycles. The van der Waals surface area contributed by atoms with Crippen LogP contribution in [0.2, 0.25) is 0 Å². The molecule has 1 rings (SSSR count). The van der Waals surface area contributed by atoms with Gasteiger partial charge in [-0.3, -0.25) is 4.79 Å². The minimum atomic E-state index is -1.47.